The van der Waals surface area contributed by atoms with E-state index in [-0.39, 0.29) is 5.91 Å². The molecule has 0 saturated carbocycles. The van der Waals surface area contributed by atoms with Crippen molar-refractivity contribution in [2.24, 2.45) is 0 Å². The van der Waals surface area contributed by atoms with Crippen LogP contribution in [0.3, 0.4) is 0 Å². The number of carbonyl (C=O) groups is 1. The fourth-order valence-electron chi connectivity index (χ4n) is 3.18. The zero-order chi connectivity index (χ0) is 15.6. The van der Waals surface area contributed by atoms with Crippen LogP contribution in [0.2, 0.25) is 0 Å². The van der Waals surface area contributed by atoms with Gasteiger partial charge in [0.25, 0.3) is 5.91 Å². The molecule has 0 bridgehead atoms. The summed E-state index contributed by atoms with van der Waals surface area (Å²) in [6, 6.07) is 2.16. The lowest BCUT2D eigenvalue weighted by atomic mass is 10.2. The van der Waals surface area contributed by atoms with Gasteiger partial charge in [-0.25, -0.2) is 4.98 Å². The highest BCUT2D eigenvalue weighted by Gasteiger charge is 2.24. The van der Waals surface area contributed by atoms with Crippen LogP contribution in [0.15, 0.2) is 24.7 Å². The molecule has 0 unspecified atom stereocenters. The van der Waals surface area contributed by atoms with Crippen LogP contribution in [0.4, 0.5) is 5.82 Å². The van der Waals surface area contributed by atoms with Crippen molar-refractivity contribution in [3.63, 3.8) is 0 Å². The van der Waals surface area contributed by atoms with E-state index in [0.717, 1.165) is 37.4 Å². The zero-order valence-corrected chi connectivity index (χ0v) is 12.9. The maximum absolute atomic E-state index is 12.4. The van der Waals surface area contributed by atoms with Gasteiger partial charge in [0.2, 0.25) is 0 Å². The van der Waals surface area contributed by atoms with Crippen molar-refractivity contribution < 1.29 is 4.79 Å². The van der Waals surface area contributed by atoms with Gasteiger partial charge in [0.05, 0.1) is 11.9 Å². The molecule has 1 fully saturated rings. The molecule has 0 aromatic carbocycles. The number of hydrogen-bond acceptors (Lipinski definition) is 6. The van der Waals surface area contributed by atoms with Crippen molar-refractivity contribution in [3.8, 4) is 0 Å². The largest absolute Gasteiger partial charge is 0.352 e. The predicted molar refractivity (Wildman–Crippen MR) is 84.2 cm³/mol. The number of aryl methyl sites for hydroxylation is 2. The fourth-order valence-corrected chi connectivity index (χ4v) is 3.18. The highest BCUT2D eigenvalue weighted by molar-refractivity contribution is 5.92. The first-order valence-electron chi connectivity index (χ1n) is 7.97. The molecule has 118 valence electrons. The molecule has 0 atom stereocenters. The monoisotopic (exact) mass is 310 g/mol. The third kappa shape index (κ3) is 2.74. The maximum atomic E-state index is 12.4. The smallest absolute Gasteiger partial charge is 0.274 e. The van der Waals surface area contributed by atoms with Gasteiger partial charge in [-0.05, 0) is 30.9 Å². The number of hydrogen-bond donors (Lipinski definition) is 0. The summed E-state index contributed by atoms with van der Waals surface area (Å²) in [5, 5.41) is 8.70. The Bertz CT molecular complexity index is 712. The number of piperazine rings is 1. The molecule has 7 nitrogen and oxygen atoms in total. The van der Waals surface area contributed by atoms with Gasteiger partial charge >= 0.3 is 0 Å². The number of amides is 1. The average Bonchev–Trinajstić information content (AvgIpc) is 3.10. The van der Waals surface area contributed by atoms with E-state index in [4.69, 9.17) is 0 Å². The molecule has 2 aliphatic rings. The second kappa shape index (κ2) is 5.91. The Balaban J connectivity index is 1.42. The Morgan fingerprint density at radius 2 is 1.91 bits per heavy atom. The fraction of sp³-hybridized carbons (Fsp3) is 0.438. The summed E-state index contributed by atoms with van der Waals surface area (Å²) in [5.41, 5.74) is 2.87. The maximum Gasteiger partial charge on any atom is 0.274 e. The van der Waals surface area contributed by atoms with Crippen molar-refractivity contribution in [1.82, 2.24) is 25.1 Å². The van der Waals surface area contributed by atoms with Crippen molar-refractivity contribution in [1.29, 1.82) is 0 Å². The molecule has 1 amide bonds. The number of carbonyl (C=O) groups excluding carboxylic acids is 1. The van der Waals surface area contributed by atoms with E-state index in [9.17, 15) is 4.79 Å². The highest BCUT2D eigenvalue weighted by Crippen LogP contribution is 2.23. The van der Waals surface area contributed by atoms with Crippen molar-refractivity contribution in [3.05, 3.63) is 41.6 Å². The minimum atomic E-state index is -0.0576. The third-order valence-corrected chi connectivity index (χ3v) is 4.48. The first-order valence-corrected chi connectivity index (χ1v) is 7.97. The number of nitrogens with zero attached hydrogens (tertiary/aromatic N) is 6. The molecule has 23 heavy (non-hydrogen) atoms. The molecular weight excluding hydrogens is 292 g/mol. The molecular formula is C16H18N6O. The van der Waals surface area contributed by atoms with E-state index in [1.54, 1.807) is 12.4 Å². The molecule has 4 rings (SSSR count). The zero-order valence-electron chi connectivity index (χ0n) is 12.9. The first-order chi connectivity index (χ1) is 11.3. The van der Waals surface area contributed by atoms with E-state index >= 15 is 0 Å². The number of aromatic nitrogens is 4. The SMILES string of the molecule is O=C(c1cnccn1)N1CCN(c2cc3c(nn2)CCC3)CC1. The van der Waals surface area contributed by atoms with Gasteiger partial charge in [0.15, 0.2) is 5.82 Å². The average molecular weight is 310 g/mol. The molecule has 2 aromatic heterocycles. The van der Waals surface area contributed by atoms with Gasteiger partial charge in [0, 0.05) is 38.6 Å². The van der Waals surface area contributed by atoms with Crippen LogP contribution in [0.5, 0.6) is 0 Å². The summed E-state index contributed by atoms with van der Waals surface area (Å²) >= 11 is 0. The summed E-state index contributed by atoms with van der Waals surface area (Å²) in [5.74, 6) is 0.870. The second-order valence-electron chi connectivity index (χ2n) is 5.90. The van der Waals surface area contributed by atoms with Gasteiger partial charge in [-0.2, -0.15) is 5.10 Å². The lowest BCUT2D eigenvalue weighted by molar-refractivity contribution is 0.0740. The normalized spacial score (nSPS) is 17.2. The molecule has 0 spiro atoms. The van der Waals surface area contributed by atoms with Crippen LogP contribution in [0, 0.1) is 0 Å². The lowest BCUT2D eigenvalue weighted by Crippen LogP contribution is -2.49. The summed E-state index contributed by atoms with van der Waals surface area (Å²) in [6.07, 6.45) is 7.95. The number of fused-ring (bicyclic) bond motifs is 1. The molecule has 1 saturated heterocycles. The van der Waals surface area contributed by atoms with Gasteiger partial charge in [-0.15, -0.1) is 5.10 Å². The van der Waals surface area contributed by atoms with Gasteiger partial charge in [0.1, 0.15) is 5.69 Å². The minimum absolute atomic E-state index is 0.0576. The molecule has 0 radical (unpaired) electrons. The van der Waals surface area contributed by atoms with E-state index in [2.05, 4.69) is 31.1 Å². The van der Waals surface area contributed by atoms with Gasteiger partial charge in [-0.1, -0.05) is 0 Å². The second-order valence-corrected chi connectivity index (χ2v) is 5.90. The molecule has 7 heteroatoms. The van der Waals surface area contributed by atoms with Gasteiger partial charge < -0.3 is 9.80 Å². The van der Waals surface area contributed by atoms with Crippen LogP contribution >= 0.6 is 0 Å². The quantitative estimate of drug-likeness (QED) is 0.813. The number of rotatable bonds is 2. The van der Waals surface area contributed by atoms with Crippen LogP contribution in [0.25, 0.3) is 0 Å². The first kappa shape index (κ1) is 14.0. The van der Waals surface area contributed by atoms with Crippen LogP contribution in [-0.4, -0.2) is 57.2 Å². The summed E-state index contributed by atoms with van der Waals surface area (Å²) in [6.45, 7) is 2.85. The molecule has 1 aliphatic heterocycles. The predicted octanol–water partition coefficient (Wildman–Crippen LogP) is 0.718. The highest BCUT2D eigenvalue weighted by atomic mass is 16.2. The summed E-state index contributed by atoms with van der Waals surface area (Å²) < 4.78 is 0. The van der Waals surface area contributed by atoms with Crippen molar-refractivity contribution in [2.45, 2.75) is 19.3 Å². The van der Waals surface area contributed by atoms with Crippen molar-refractivity contribution in [2.75, 3.05) is 31.1 Å². The molecule has 2 aromatic rings. The molecule has 1 aliphatic carbocycles. The van der Waals surface area contributed by atoms with E-state index in [1.807, 2.05) is 4.90 Å². The minimum Gasteiger partial charge on any atom is -0.352 e. The summed E-state index contributed by atoms with van der Waals surface area (Å²) in [4.78, 5) is 24.4. The van der Waals surface area contributed by atoms with Crippen LogP contribution in [-0.2, 0) is 12.8 Å². The number of anilines is 1. The lowest BCUT2D eigenvalue weighted by Gasteiger charge is -2.35. The summed E-state index contributed by atoms with van der Waals surface area (Å²) in [7, 11) is 0. The Labute approximate surface area is 134 Å². The topological polar surface area (TPSA) is 75.1 Å². The van der Waals surface area contributed by atoms with Crippen molar-refractivity contribution >= 4 is 11.7 Å². The standard InChI is InChI=1S/C16H18N6O/c23-16(14-11-17-4-5-18-14)22-8-6-21(7-9-22)15-10-12-2-1-3-13(12)19-20-15/h4-5,10-11H,1-3,6-9H2. The third-order valence-electron chi connectivity index (χ3n) is 4.48. The van der Waals surface area contributed by atoms with E-state index < -0.39 is 0 Å². The van der Waals surface area contributed by atoms with Crippen LogP contribution in [0.1, 0.15) is 28.2 Å². The van der Waals surface area contributed by atoms with Gasteiger partial charge in [-0.3, -0.25) is 9.78 Å². The molecule has 3 heterocycles. The molecule has 0 N–H and O–H groups in total. The van der Waals surface area contributed by atoms with E-state index in [0.29, 0.717) is 18.8 Å². The Morgan fingerprint density at radius 3 is 2.70 bits per heavy atom. The Hall–Kier alpha value is -2.57. The Kier molecular flexibility index (Phi) is 3.61. The Morgan fingerprint density at radius 1 is 1.04 bits per heavy atom. The van der Waals surface area contributed by atoms with Crippen LogP contribution < -0.4 is 4.90 Å². The van der Waals surface area contributed by atoms with E-state index in [1.165, 1.54) is 18.2 Å².